The van der Waals surface area contributed by atoms with Crippen LogP contribution in [0.4, 0.5) is 0 Å². The Balaban J connectivity index is 1.51. The highest BCUT2D eigenvalue weighted by Gasteiger charge is 2.21. The third kappa shape index (κ3) is 4.25. The minimum atomic E-state index is -0.545. The maximum atomic E-state index is 12.3. The highest BCUT2D eigenvalue weighted by molar-refractivity contribution is 7.08. The van der Waals surface area contributed by atoms with Crippen molar-refractivity contribution in [2.45, 2.75) is 33.6 Å². The van der Waals surface area contributed by atoms with Crippen molar-refractivity contribution in [1.29, 1.82) is 0 Å². The van der Waals surface area contributed by atoms with Gasteiger partial charge in [-0.15, -0.1) is 0 Å². The van der Waals surface area contributed by atoms with E-state index in [-0.39, 0.29) is 30.1 Å². The molecule has 3 rings (SSSR count). The Morgan fingerprint density at radius 3 is 2.71 bits per heavy atom. The van der Waals surface area contributed by atoms with Gasteiger partial charge in [0.25, 0.3) is 0 Å². The number of nitrogens with one attached hydrogen (secondary N) is 1. The van der Waals surface area contributed by atoms with E-state index in [2.05, 4.69) is 15.1 Å². The summed E-state index contributed by atoms with van der Waals surface area (Å²) in [5.74, 6) is -0.260. The molecule has 0 unspecified atom stereocenters. The molecule has 0 spiro atoms. The standard InChI is InChI=1S/C19H19N3O5S/c1-10-17(12(3)23)11(2)20-18(10)14(24)8-26-16(25)5-4-15-21-19(22-27-15)13-6-7-28-9-13/h6-7,9,20H,4-5,8H2,1-3H3. The number of thiophene rings is 1. The normalized spacial score (nSPS) is 10.8. The SMILES string of the molecule is CC(=O)c1c(C)[nH]c(C(=O)COC(=O)CCc2nc(-c3ccsc3)no2)c1C. The van der Waals surface area contributed by atoms with Gasteiger partial charge < -0.3 is 14.2 Å². The minimum absolute atomic E-state index is 0.0139. The van der Waals surface area contributed by atoms with Gasteiger partial charge in [0.15, 0.2) is 12.4 Å². The number of aromatic nitrogens is 3. The first-order valence-corrected chi connectivity index (χ1v) is 9.55. The highest BCUT2D eigenvalue weighted by Crippen LogP contribution is 2.20. The van der Waals surface area contributed by atoms with Crippen molar-refractivity contribution in [1.82, 2.24) is 15.1 Å². The Kier molecular flexibility index (Phi) is 5.84. The van der Waals surface area contributed by atoms with Gasteiger partial charge in [0.1, 0.15) is 0 Å². The molecule has 0 saturated carbocycles. The van der Waals surface area contributed by atoms with E-state index in [1.54, 1.807) is 13.8 Å². The van der Waals surface area contributed by atoms with Gasteiger partial charge in [-0.2, -0.15) is 16.3 Å². The molecule has 28 heavy (non-hydrogen) atoms. The molecule has 0 aliphatic carbocycles. The predicted molar refractivity (Wildman–Crippen MR) is 101 cm³/mol. The van der Waals surface area contributed by atoms with E-state index in [9.17, 15) is 14.4 Å². The summed E-state index contributed by atoms with van der Waals surface area (Å²) in [7, 11) is 0. The molecule has 0 fully saturated rings. The second-order valence-corrected chi connectivity index (χ2v) is 7.07. The van der Waals surface area contributed by atoms with Crippen LogP contribution in [0, 0.1) is 13.8 Å². The Morgan fingerprint density at radius 1 is 1.29 bits per heavy atom. The van der Waals surface area contributed by atoms with Crippen LogP contribution in [0.5, 0.6) is 0 Å². The molecular weight excluding hydrogens is 382 g/mol. The molecule has 0 atom stereocenters. The number of nitrogens with zero attached hydrogens (tertiary/aromatic N) is 2. The Bertz CT molecular complexity index is 1020. The van der Waals surface area contributed by atoms with Gasteiger partial charge in [-0.1, -0.05) is 5.16 Å². The van der Waals surface area contributed by atoms with Crippen molar-refractivity contribution < 1.29 is 23.6 Å². The number of esters is 1. The molecule has 146 valence electrons. The van der Waals surface area contributed by atoms with Crippen molar-refractivity contribution >= 4 is 28.9 Å². The van der Waals surface area contributed by atoms with Gasteiger partial charge in [-0.05, 0) is 37.8 Å². The van der Waals surface area contributed by atoms with E-state index < -0.39 is 12.6 Å². The summed E-state index contributed by atoms with van der Waals surface area (Å²) in [6.07, 6.45) is 0.235. The number of H-pyrrole nitrogens is 1. The van der Waals surface area contributed by atoms with Gasteiger partial charge >= 0.3 is 5.97 Å². The maximum absolute atomic E-state index is 12.3. The number of aryl methyl sites for hydroxylation is 2. The summed E-state index contributed by atoms with van der Waals surface area (Å²) in [5.41, 5.74) is 2.82. The summed E-state index contributed by atoms with van der Waals surface area (Å²) < 4.78 is 10.2. The van der Waals surface area contributed by atoms with E-state index in [1.807, 2.05) is 16.8 Å². The number of carbonyl (C=O) groups excluding carboxylic acids is 3. The van der Waals surface area contributed by atoms with E-state index in [0.29, 0.717) is 28.5 Å². The van der Waals surface area contributed by atoms with Crippen LogP contribution < -0.4 is 0 Å². The van der Waals surface area contributed by atoms with Crippen molar-refractivity contribution in [3.8, 4) is 11.4 Å². The average molecular weight is 401 g/mol. The third-order valence-electron chi connectivity index (χ3n) is 4.22. The van der Waals surface area contributed by atoms with Gasteiger partial charge in [-0.3, -0.25) is 14.4 Å². The van der Waals surface area contributed by atoms with Gasteiger partial charge in [0.05, 0.1) is 12.1 Å². The number of ether oxygens (including phenoxy) is 1. The monoisotopic (exact) mass is 401 g/mol. The van der Waals surface area contributed by atoms with Crippen LogP contribution in [0.2, 0.25) is 0 Å². The number of aromatic amines is 1. The van der Waals surface area contributed by atoms with E-state index >= 15 is 0 Å². The highest BCUT2D eigenvalue weighted by atomic mass is 32.1. The lowest BCUT2D eigenvalue weighted by Crippen LogP contribution is -2.15. The smallest absolute Gasteiger partial charge is 0.306 e. The molecule has 0 saturated heterocycles. The number of ketones is 2. The Morgan fingerprint density at radius 2 is 2.07 bits per heavy atom. The summed E-state index contributed by atoms with van der Waals surface area (Å²) in [6, 6.07) is 1.88. The zero-order valence-corrected chi connectivity index (χ0v) is 16.5. The maximum Gasteiger partial charge on any atom is 0.306 e. The minimum Gasteiger partial charge on any atom is -0.457 e. The fraction of sp³-hybridized carbons (Fsp3) is 0.316. The fourth-order valence-corrected chi connectivity index (χ4v) is 3.56. The van der Waals surface area contributed by atoms with E-state index in [4.69, 9.17) is 9.26 Å². The van der Waals surface area contributed by atoms with E-state index in [0.717, 1.165) is 5.56 Å². The van der Waals surface area contributed by atoms with Gasteiger partial charge in [0, 0.05) is 28.6 Å². The number of Topliss-reactive ketones (excluding diaryl/α,β-unsaturated/α-hetero) is 2. The third-order valence-corrected chi connectivity index (χ3v) is 4.91. The van der Waals surface area contributed by atoms with Crippen molar-refractivity contribution in [3.63, 3.8) is 0 Å². The summed E-state index contributed by atoms with van der Waals surface area (Å²) in [6.45, 7) is 4.46. The summed E-state index contributed by atoms with van der Waals surface area (Å²) in [5, 5.41) is 7.68. The van der Waals surface area contributed by atoms with Crippen LogP contribution in [0.25, 0.3) is 11.4 Å². The quantitative estimate of drug-likeness (QED) is 0.455. The molecule has 0 amide bonds. The second kappa shape index (κ2) is 8.30. The van der Waals surface area contributed by atoms with Crippen molar-refractivity contribution in [2.75, 3.05) is 6.61 Å². The largest absolute Gasteiger partial charge is 0.457 e. The molecule has 3 heterocycles. The van der Waals surface area contributed by atoms with Crippen LogP contribution in [0.3, 0.4) is 0 Å². The topological polar surface area (TPSA) is 115 Å². The number of hydrogen-bond acceptors (Lipinski definition) is 8. The number of carbonyl (C=O) groups is 3. The Hall–Kier alpha value is -3.07. The molecule has 1 N–H and O–H groups in total. The molecule has 0 aromatic carbocycles. The summed E-state index contributed by atoms with van der Waals surface area (Å²) >= 11 is 1.53. The number of rotatable bonds is 8. The van der Waals surface area contributed by atoms with Crippen LogP contribution in [-0.4, -0.2) is 39.3 Å². The average Bonchev–Trinajstić information content (AvgIpc) is 3.37. The number of hydrogen-bond donors (Lipinski definition) is 1. The molecule has 0 aliphatic rings. The first-order valence-electron chi connectivity index (χ1n) is 8.61. The Labute approximate surface area is 164 Å². The van der Waals surface area contributed by atoms with Gasteiger partial charge in [0.2, 0.25) is 17.5 Å². The van der Waals surface area contributed by atoms with Crippen LogP contribution in [0.1, 0.15) is 51.3 Å². The van der Waals surface area contributed by atoms with Crippen molar-refractivity contribution in [3.05, 3.63) is 45.2 Å². The molecule has 0 radical (unpaired) electrons. The molecule has 3 aromatic heterocycles. The lowest BCUT2D eigenvalue weighted by atomic mass is 10.1. The second-order valence-electron chi connectivity index (χ2n) is 6.29. The molecule has 3 aromatic rings. The molecule has 9 heteroatoms. The van der Waals surface area contributed by atoms with Gasteiger partial charge in [-0.25, -0.2) is 0 Å². The molecule has 8 nitrogen and oxygen atoms in total. The zero-order chi connectivity index (χ0) is 20.3. The van der Waals surface area contributed by atoms with Crippen LogP contribution >= 0.6 is 11.3 Å². The molecule has 0 bridgehead atoms. The first kappa shape index (κ1) is 19.7. The fourth-order valence-electron chi connectivity index (χ4n) is 2.92. The van der Waals surface area contributed by atoms with E-state index in [1.165, 1.54) is 18.3 Å². The van der Waals surface area contributed by atoms with Crippen LogP contribution in [-0.2, 0) is 16.0 Å². The summed E-state index contributed by atoms with van der Waals surface area (Å²) in [4.78, 5) is 43.0. The lowest BCUT2D eigenvalue weighted by molar-refractivity contribution is -0.142. The molecular formula is C19H19N3O5S. The first-order chi connectivity index (χ1) is 13.4. The lowest BCUT2D eigenvalue weighted by Gasteiger charge is -2.03. The molecule has 0 aliphatic heterocycles. The predicted octanol–water partition coefficient (Wildman–Crippen LogP) is 3.30. The van der Waals surface area contributed by atoms with Crippen LogP contribution in [0.15, 0.2) is 21.3 Å². The zero-order valence-electron chi connectivity index (χ0n) is 15.7. The van der Waals surface area contributed by atoms with Crippen molar-refractivity contribution in [2.24, 2.45) is 0 Å².